The molecule has 6 nitrogen and oxygen atoms in total. The van der Waals surface area contributed by atoms with Gasteiger partial charge in [0.2, 0.25) is 5.91 Å². The van der Waals surface area contributed by atoms with Crippen LogP contribution in [0.3, 0.4) is 0 Å². The molecule has 3 amide bonds. The van der Waals surface area contributed by atoms with E-state index < -0.39 is 0 Å². The zero-order valence-corrected chi connectivity index (χ0v) is 14.5. The molecule has 23 heavy (non-hydrogen) atoms. The van der Waals surface area contributed by atoms with Crippen molar-refractivity contribution in [1.82, 2.24) is 20.9 Å². The molecule has 130 valence electrons. The average Bonchev–Trinajstić information content (AvgIpc) is 3.10. The summed E-state index contributed by atoms with van der Waals surface area (Å²) in [5.74, 6) is 1.97. The van der Waals surface area contributed by atoms with E-state index in [9.17, 15) is 9.59 Å². The van der Waals surface area contributed by atoms with Crippen LogP contribution in [0, 0.1) is 0 Å². The van der Waals surface area contributed by atoms with Gasteiger partial charge in [-0.2, -0.15) is 0 Å². The Labute approximate surface area is 142 Å². The first-order valence-electron chi connectivity index (χ1n) is 8.89. The number of carbonyl (C=O) groups is 2. The highest BCUT2D eigenvalue weighted by Gasteiger charge is 2.30. The maximum absolute atomic E-state index is 12.3. The van der Waals surface area contributed by atoms with Crippen molar-refractivity contribution in [2.75, 3.05) is 24.7 Å². The number of thioether (sulfide) groups is 1. The fourth-order valence-electron chi connectivity index (χ4n) is 3.68. The van der Waals surface area contributed by atoms with Gasteiger partial charge in [-0.3, -0.25) is 10.1 Å². The summed E-state index contributed by atoms with van der Waals surface area (Å²) in [5.41, 5.74) is 0. The van der Waals surface area contributed by atoms with Crippen molar-refractivity contribution in [1.29, 1.82) is 0 Å². The molecule has 2 heterocycles. The molecule has 0 spiro atoms. The van der Waals surface area contributed by atoms with Gasteiger partial charge in [-0.1, -0.05) is 19.3 Å². The van der Waals surface area contributed by atoms with Crippen LogP contribution in [0.1, 0.15) is 44.9 Å². The molecule has 3 aliphatic rings. The van der Waals surface area contributed by atoms with Gasteiger partial charge in [0.25, 0.3) is 0 Å². The van der Waals surface area contributed by atoms with Crippen molar-refractivity contribution in [3.63, 3.8) is 0 Å². The Morgan fingerprint density at radius 2 is 1.61 bits per heavy atom. The average molecular weight is 340 g/mol. The molecule has 0 radical (unpaired) electrons. The molecule has 2 aliphatic heterocycles. The highest BCUT2D eigenvalue weighted by molar-refractivity contribution is 7.99. The lowest BCUT2D eigenvalue weighted by Gasteiger charge is -2.34. The number of rotatable bonds is 3. The Kier molecular flexibility index (Phi) is 6.05. The Morgan fingerprint density at radius 1 is 0.957 bits per heavy atom. The summed E-state index contributed by atoms with van der Waals surface area (Å²) in [4.78, 5) is 26.4. The maximum Gasteiger partial charge on any atom is 0.315 e. The lowest BCUT2D eigenvalue weighted by atomic mass is 9.96. The topological polar surface area (TPSA) is 73.5 Å². The summed E-state index contributed by atoms with van der Waals surface area (Å²) in [7, 11) is 0. The normalized spacial score (nSPS) is 27.0. The fourth-order valence-corrected chi connectivity index (χ4v) is 4.61. The number of amides is 3. The SMILES string of the molecule is O=C(NC1CCCCC1)NC1CCN(C(=O)C2CSCN2)CC1. The number of piperidine rings is 1. The lowest BCUT2D eigenvalue weighted by Crippen LogP contribution is -2.53. The van der Waals surface area contributed by atoms with Gasteiger partial charge in [0, 0.05) is 36.8 Å². The van der Waals surface area contributed by atoms with Crippen LogP contribution in [0.5, 0.6) is 0 Å². The molecule has 3 rings (SSSR count). The predicted octanol–water partition coefficient (Wildman–Crippen LogP) is 1.27. The Morgan fingerprint density at radius 3 is 2.22 bits per heavy atom. The fraction of sp³-hybridized carbons (Fsp3) is 0.875. The van der Waals surface area contributed by atoms with Crippen LogP contribution in [-0.4, -0.2) is 59.7 Å². The number of hydrogen-bond donors (Lipinski definition) is 3. The number of carbonyl (C=O) groups excluding carboxylic acids is 2. The van der Waals surface area contributed by atoms with Crippen LogP contribution in [0.25, 0.3) is 0 Å². The quantitative estimate of drug-likeness (QED) is 0.723. The minimum absolute atomic E-state index is 0.0147. The van der Waals surface area contributed by atoms with Crippen molar-refractivity contribution in [3.8, 4) is 0 Å². The van der Waals surface area contributed by atoms with Crippen LogP contribution in [0.2, 0.25) is 0 Å². The molecule has 0 aromatic carbocycles. The summed E-state index contributed by atoms with van der Waals surface area (Å²) in [6.07, 6.45) is 7.64. The smallest absolute Gasteiger partial charge is 0.315 e. The van der Waals surface area contributed by atoms with E-state index >= 15 is 0 Å². The van der Waals surface area contributed by atoms with Gasteiger partial charge in [0.15, 0.2) is 0 Å². The van der Waals surface area contributed by atoms with E-state index in [4.69, 9.17) is 0 Å². The summed E-state index contributed by atoms with van der Waals surface area (Å²) in [6, 6.07) is 0.486. The second-order valence-electron chi connectivity index (χ2n) is 6.82. The Balaban J connectivity index is 1.36. The van der Waals surface area contributed by atoms with Gasteiger partial charge >= 0.3 is 6.03 Å². The predicted molar refractivity (Wildman–Crippen MR) is 92.4 cm³/mol. The summed E-state index contributed by atoms with van der Waals surface area (Å²) in [5, 5.41) is 9.42. The number of nitrogens with zero attached hydrogens (tertiary/aromatic N) is 1. The van der Waals surface area contributed by atoms with E-state index in [-0.39, 0.29) is 24.0 Å². The first kappa shape index (κ1) is 16.9. The van der Waals surface area contributed by atoms with Crippen LogP contribution < -0.4 is 16.0 Å². The number of likely N-dealkylation sites (tertiary alicyclic amines) is 1. The Bertz CT molecular complexity index is 414. The molecule has 0 aromatic heterocycles. The van der Waals surface area contributed by atoms with Crippen LogP contribution in [-0.2, 0) is 4.79 Å². The van der Waals surface area contributed by atoms with E-state index in [1.807, 2.05) is 4.90 Å². The molecule has 1 atom stereocenters. The molecule has 0 aromatic rings. The van der Waals surface area contributed by atoms with Crippen LogP contribution in [0.4, 0.5) is 4.79 Å². The number of urea groups is 1. The molecule has 7 heteroatoms. The monoisotopic (exact) mass is 340 g/mol. The molecule has 1 unspecified atom stereocenters. The second-order valence-corrected chi connectivity index (χ2v) is 7.85. The summed E-state index contributed by atoms with van der Waals surface area (Å²) >= 11 is 1.78. The zero-order chi connectivity index (χ0) is 16.1. The molecule has 3 fully saturated rings. The van der Waals surface area contributed by atoms with E-state index in [2.05, 4.69) is 16.0 Å². The largest absolute Gasteiger partial charge is 0.341 e. The van der Waals surface area contributed by atoms with Gasteiger partial charge < -0.3 is 15.5 Å². The molecular weight excluding hydrogens is 312 g/mol. The molecule has 3 N–H and O–H groups in total. The second kappa shape index (κ2) is 8.24. The highest BCUT2D eigenvalue weighted by atomic mass is 32.2. The third-order valence-electron chi connectivity index (χ3n) is 5.10. The molecule has 0 bridgehead atoms. The van der Waals surface area contributed by atoms with E-state index in [0.717, 1.165) is 50.4 Å². The van der Waals surface area contributed by atoms with Gasteiger partial charge in [-0.15, -0.1) is 11.8 Å². The summed E-state index contributed by atoms with van der Waals surface area (Å²) in [6.45, 7) is 1.49. The van der Waals surface area contributed by atoms with Crippen LogP contribution >= 0.6 is 11.8 Å². The highest BCUT2D eigenvalue weighted by Crippen LogP contribution is 2.18. The van der Waals surface area contributed by atoms with Crippen molar-refractivity contribution in [2.45, 2.75) is 63.1 Å². The molecule has 2 saturated heterocycles. The summed E-state index contributed by atoms with van der Waals surface area (Å²) < 4.78 is 0. The van der Waals surface area contributed by atoms with Gasteiger partial charge in [0.1, 0.15) is 0 Å². The lowest BCUT2D eigenvalue weighted by molar-refractivity contribution is -0.133. The van der Waals surface area contributed by atoms with E-state index in [1.54, 1.807) is 11.8 Å². The van der Waals surface area contributed by atoms with Crippen molar-refractivity contribution >= 4 is 23.7 Å². The maximum atomic E-state index is 12.3. The number of hydrogen-bond acceptors (Lipinski definition) is 4. The third-order valence-corrected chi connectivity index (χ3v) is 6.04. The van der Waals surface area contributed by atoms with Gasteiger partial charge in [0.05, 0.1) is 6.04 Å². The first-order chi connectivity index (χ1) is 11.2. The van der Waals surface area contributed by atoms with Crippen molar-refractivity contribution < 1.29 is 9.59 Å². The van der Waals surface area contributed by atoms with E-state index in [0.29, 0.717) is 6.04 Å². The van der Waals surface area contributed by atoms with Crippen LogP contribution in [0.15, 0.2) is 0 Å². The molecule has 1 aliphatic carbocycles. The zero-order valence-electron chi connectivity index (χ0n) is 13.7. The molecular formula is C16H28N4O2S. The minimum Gasteiger partial charge on any atom is -0.341 e. The first-order valence-corrected chi connectivity index (χ1v) is 10.0. The van der Waals surface area contributed by atoms with Gasteiger partial charge in [-0.25, -0.2) is 4.79 Å². The number of nitrogens with one attached hydrogen (secondary N) is 3. The Hall–Kier alpha value is -0.950. The van der Waals surface area contributed by atoms with Crippen molar-refractivity contribution in [3.05, 3.63) is 0 Å². The molecule has 1 saturated carbocycles. The third kappa shape index (κ3) is 4.76. The standard InChI is InChI=1S/C16H28N4O2S/c21-15(14-10-23-11-17-14)20-8-6-13(7-9-20)19-16(22)18-12-4-2-1-3-5-12/h12-14,17H,1-11H2,(H2,18,19,22). The van der Waals surface area contributed by atoms with Crippen molar-refractivity contribution in [2.24, 2.45) is 0 Å². The minimum atomic E-state index is -0.0319. The van der Waals surface area contributed by atoms with Gasteiger partial charge in [-0.05, 0) is 25.7 Å². The van der Waals surface area contributed by atoms with E-state index in [1.165, 1.54) is 19.3 Å².